The first-order valence-corrected chi connectivity index (χ1v) is 8.86. The smallest absolute Gasteiger partial charge is 0.306 e. The zero-order valence-corrected chi connectivity index (χ0v) is 14.9. The van der Waals surface area contributed by atoms with Crippen molar-refractivity contribution >= 4 is 16.7 Å². The number of carbonyl (C=O) groups is 1. The van der Waals surface area contributed by atoms with Gasteiger partial charge in [0.2, 0.25) is 0 Å². The highest BCUT2D eigenvalue weighted by Gasteiger charge is 2.07. The summed E-state index contributed by atoms with van der Waals surface area (Å²) in [6.07, 6.45) is 5.14. The summed E-state index contributed by atoms with van der Waals surface area (Å²) >= 11 is 0. The summed E-state index contributed by atoms with van der Waals surface area (Å²) in [4.78, 5) is 16.2. The third-order valence-corrected chi connectivity index (χ3v) is 4.13. The van der Waals surface area contributed by atoms with Gasteiger partial charge in [-0.25, -0.2) is 0 Å². The van der Waals surface area contributed by atoms with Gasteiger partial charge in [-0.2, -0.15) is 5.26 Å². The second-order valence-electron chi connectivity index (χ2n) is 6.08. The van der Waals surface area contributed by atoms with Crippen molar-refractivity contribution in [2.75, 3.05) is 13.2 Å². The quantitative estimate of drug-likeness (QED) is 0.448. The molecule has 0 saturated carbocycles. The number of pyridine rings is 1. The van der Waals surface area contributed by atoms with Gasteiger partial charge >= 0.3 is 5.97 Å². The molecule has 0 unspecified atom stereocenters. The highest BCUT2D eigenvalue weighted by atomic mass is 16.5. The predicted molar refractivity (Wildman–Crippen MR) is 102 cm³/mol. The Morgan fingerprint density at radius 3 is 2.85 bits per heavy atom. The molecule has 0 spiro atoms. The fourth-order valence-electron chi connectivity index (χ4n) is 2.78. The van der Waals surface area contributed by atoms with Crippen LogP contribution in [0.3, 0.4) is 0 Å². The van der Waals surface area contributed by atoms with Gasteiger partial charge in [-0.1, -0.05) is 30.3 Å². The van der Waals surface area contributed by atoms with Crippen molar-refractivity contribution in [2.24, 2.45) is 0 Å². The molecule has 0 radical (unpaired) electrons. The van der Waals surface area contributed by atoms with Crippen molar-refractivity contribution in [1.82, 2.24) is 4.98 Å². The Kier molecular flexibility index (Phi) is 6.37. The molecule has 2 aromatic carbocycles. The van der Waals surface area contributed by atoms with Gasteiger partial charge in [0.25, 0.3) is 0 Å². The number of aryl methyl sites for hydroxylation is 1. The molecule has 0 amide bonds. The highest BCUT2D eigenvalue weighted by Crippen LogP contribution is 2.18. The standard InChI is InChI=1S/C22H20N2O3/c23-14-17-5-3-7-20(13-17)26-11-4-12-27-22(25)10-9-19-16-24-15-18-6-1-2-8-21(18)19/h1-3,5-8,13,15-16H,4,9-12H2. The fourth-order valence-corrected chi connectivity index (χ4v) is 2.78. The van der Waals surface area contributed by atoms with Gasteiger partial charge in [0.1, 0.15) is 5.75 Å². The molecule has 27 heavy (non-hydrogen) atoms. The third-order valence-electron chi connectivity index (χ3n) is 4.13. The third kappa shape index (κ3) is 5.29. The lowest BCUT2D eigenvalue weighted by atomic mass is 10.0. The van der Waals surface area contributed by atoms with E-state index in [-0.39, 0.29) is 5.97 Å². The summed E-state index contributed by atoms with van der Waals surface area (Å²) < 4.78 is 10.8. The molecule has 3 aromatic rings. The Balaban J connectivity index is 1.38. The molecule has 3 rings (SSSR count). The summed E-state index contributed by atoms with van der Waals surface area (Å²) in [5.74, 6) is 0.415. The van der Waals surface area contributed by atoms with Crippen LogP contribution in [0.2, 0.25) is 0 Å². The van der Waals surface area contributed by atoms with Crippen molar-refractivity contribution in [1.29, 1.82) is 5.26 Å². The van der Waals surface area contributed by atoms with Crippen LogP contribution in [0, 0.1) is 11.3 Å². The van der Waals surface area contributed by atoms with E-state index in [1.54, 1.807) is 30.5 Å². The van der Waals surface area contributed by atoms with Gasteiger partial charge < -0.3 is 9.47 Å². The van der Waals surface area contributed by atoms with Gasteiger partial charge in [0.05, 0.1) is 24.8 Å². The predicted octanol–water partition coefficient (Wildman–Crippen LogP) is 4.05. The van der Waals surface area contributed by atoms with E-state index in [0.29, 0.717) is 43.8 Å². The number of hydrogen-bond acceptors (Lipinski definition) is 5. The molecule has 0 aliphatic carbocycles. The maximum absolute atomic E-state index is 11.9. The SMILES string of the molecule is N#Cc1cccc(OCCCOC(=O)CCc2cncc3ccccc23)c1. The number of esters is 1. The molecule has 0 saturated heterocycles. The lowest BCUT2D eigenvalue weighted by molar-refractivity contribution is -0.143. The Bertz CT molecular complexity index is 958. The van der Waals surface area contributed by atoms with Gasteiger partial charge in [-0.15, -0.1) is 0 Å². The zero-order chi connectivity index (χ0) is 18.9. The molecule has 0 fully saturated rings. The molecular weight excluding hydrogens is 340 g/mol. The average Bonchev–Trinajstić information content (AvgIpc) is 2.72. The van der Waals surface area contributed by atoms with Gasteiger partial charge in [-0.3, -0.25) is 9.78 Å². The number of nitrogens with zero attached hydrogens (tertiary/aromatic N) is 2. The summed E-state index contributed by atoms with van der Waals surface area (Å²) in [5.41, 5.74) is 1.60. The van der Waals surface area contributed by atoms with Gasteiger partial charge in [0, 0.05) is 30.6 Å². The van der Waals surface area contributed by atoms with Crippen LogP contribution < -0.4 is 4.74 Å². The number of benzene rings is 2. The number of aromatic nitrogens is 1. The summed E-state index contributed by atoms with van der Waals surface area (Å²) in [6, 6.07) is 17.1. The summed E-state index contributed by atoms with van der Waals surface area (Å²) in [6.45, 7) is 0.736. The molecule has 0 aliphatic heterocycles. The topological polar surface area (TPSA) is 72.2 Å². The molecule has 136 valence electrons. The van der Waals surface area contributed by atoms with Crippen LogP contribution in [0.25, 0.3) is 10.8 Å². The normalized spacial score (nSPS) is 10.3. The first kappa shape index (κ1) is 18.4. The van der Waals surface area contributed by atoms with Crippen molar-refractivity contribution < 1.29 is 14.3 Å². The first-order valence-electron chi connectivity index (χ1n) is 8.86. The molecular formula is C22H20N2O3. The first-order chi connectivity index (χ1) is 13.3. The lowest BCUT2D eigenvalue weighted by Gasteiger charge is -2.08. The molecule has 0 bridgehead atoms. The summed E-state index contributed by atoms with van der Waals surface area (Å²) in [5, 5.41) is 11.0. The number of carbonyl (C=O) groups excluding carboxylic acids is 1. The van der Waals surface area contributed by atoms with E-state index < -0.39 is 0 Å². The van der Waals surface area contributed by atoms with Crippen molar-refractivity contribution in [3.05, 3.63) is 72.1 Å². The largest absolute Gasteiger partial charge is 0.493 e. The number of hydrogen-bond donors (Lipinski definition) is 0. The van der Waals surface area contributed by atoms with Crippen LogP contribution in [0.15, 0.2) is 60.9 Å². The van der Waals surface area contributed by atoms with Crippen LogP contribution >= 0.6 is 0 Å². The second-order valence-corrected chi connectivity index (χ2v) is 6.08. The Morgan fingerprint density at radius 1 is 1.07 bits per heavy atom. The minimum atomic E-state index is -0.227. The van der Waals surface area contributed by atoms with E-state index in [1.165, 1.54) is 0 Å². The second kappa shape index (κ2) is 9.35. The molecule has 5 heteroatoms. The molecule has 0 aliphatic rings. The molecule has 1 heterocycles. The van der Waals surface area contributed by atoms with Crippen LogP contribution in [0.5, 0.6) is 5.75 Å². The Hall–Kier alpha value is -3.39. The van der Waals surface area contributed by atoms with Gasteiger partial charge in [0.15, 0.2) is 0 Å². The molecule has 0 atom stereocenters. The van der Waals surface area contributed by atoms with Crippen LogP contribution in [-0.4, -0.2) is 24.2 Å². The number of nitriles is 1. The van der Waals surface area contributed by atoms with E-state index in [0.717, 1.165) is 16.3 Å². The number of ether oxygens (including phenoxy) is 2. The molecule has 1 aromatic heterocycles. The highest BCUT2D eigenvalue weighted by molar-refractivity contribution is 5.85. The Morgan fingerprint density at radius 2 is 1.96 bits per heavy atom. The van der Waals surface area contributed by atoms with Crippen LogP contribution in [0.4, 0.5) is 0 Å². The molecule has 0 N–H and O–H groups in total. The fraction of sp³-hybridized carbons (Fsp3) is 0.227. The van der Waals surface area contributed by atoms with Crippen molar-refractivity contribution in [2.45, 2.75) is 19.3 Å². The van der Waals surface area contributed by atoms with E-state index in [9.17, 15) is 4.79 Å². The van der Waals surface area contributed by atoms with E-state index in [4.69, 9.17) is 14.7 Å². The number of rotatable bonds is 8. The minimum Gasteiger partial charge on any atom is -0.493 e. The molecule has 5 nitrogen and oxygen atoms in total. The summed E-state index contributed by atoms with van der Waals surface area (Å²) in [7, 11) is 0. The van der Waals surface area contributed by atoms with Crippen LogP contribution in [0.1, 0.15) is 24.0 Å². The number of fused-ring (bicyclic) bond motifs is 1. The lowest BCUT2D eigenvalue weighted by Crippen LogP contribution is -2.10. The van der Waals surface area contributed by atoms with Crippen LogP contribution in [-0.2, 0) is 16.0 Å². The maximum atomic E-state index is 11.9. The van der Waals surface area contributed by atoms with Crippen molar-refractivity contribution in [3.8, 4) is 11.8 Å². The average molecular weight is 360 g/mol. The van der Waals surface area contributed by atoms with Gasteiger partial charge in [-0.05, 0) is 35.6 Å². The zero-order valence-electron chi connectivity index (χ0n) is 14.9. The van der Waals surface area contributed by atoms with E-state index in [1.807, 2.05) is 30.5 Å². The minimum absolute atomic E-state index is 0.227. The Labute approximate surface area is 158 Å². The van der Waals surface area contributed by atoms with Crippen molar-refractivity contribution in [3.63, 3.8) is 0 Å². The van der Waals surface area contributed by atoms with E-state index in [2.05, 4.69) is 11.1 Å². The monoisotopic (exact) mass is 360 g/mol. The maximum Gasteiger partial charge on any atom is 0.306 e. The van der Waals surface area contributed by atoms with E-state index >= 15 is 0 Å².